The van der Waals surface area contributed by atoms with Crippen molar-refractivity contribution < 1.29 is 19.4 Å². The fourth-order valence-corrected chi connectivity index (χ4v) is 2.02. The van der Waals surface area contributed by atoms with Crippen LogP contribution in [0.3, 0.4) is 0 Å². The van der Waals surface area contributed by atoms with E-state index in [1.165, 1.54) is 0 Å². The van der Waals surface area contributed by atoms with Crippen molar-refractivity contribution in [1.29, 1.82) is 0 Å². The Hall–Kier alpha value is -1.88. The molecule has 104 valence electrons. The maximum atomic E-state index is 12.0. The van der Waals surface area contributed by atoms with Gasteiger partial charge in [-0.05, 0) is 31.9 Å². The molecule has 5 nitrogen and oxygen atoms in total. The van der Waals surface area contributed by atoms with Crippen molar-refractivity contribution in [1.82, 2.24) is 5.32 Å². The standard InChI is InChI=1S/C14H19NO4/c1-9-6-10(2)13(11(3)7-9)14(18)15-4-5-19-8-12(16)17/h6-7H,4-5,8H2,1-3H3,(H,15,18)(H,16,17). The van der Waals surface area contributed by atoms with Gasteiger partial charge in [-0.2, -0.15) is 0 Å². The van der Waals surface area contributed by atoms with Crippen LogP contribution in [-0.2, 0) is 9.53 Å². The Morgan fingerprint density at radius 2 is 1.79 bits per heavy atom. The lowest BCUT2D eigenvalue weighted by atomic mass is 9.99. The lowest BCUT2D eigenvalue weighted by Gasteiger charge is -2.11. The topological polar surface area (TPSA) is 75.6 Å². The van der Waals surface area contributed by atoms with E-state index in [9.17, 15) is 9.59 Å². The molecular weight excluding hydrogens is 246 g/mol. The molecule has 0 spiro atoms. The summed E-state index contributed by atoms with van der Waals surface area (Å²) in [5, 5.41) is 11.1. The van der Waals surface area contributed by atoms with Crippen LogP contribution in [0.1, 0.15) is 27.0 Å². The van der Waals surface area contributed by atoms with Crippen LogP contribution in [0.25, 0.3) is 0 Å². The maximum Gasteiger partial charge on any atom is 0.329 e. The summed E-state index contributed by atoms with van der Waals surface area (Å²) in [6, 6.07) is 3.92. The smallest absolute Gasteiger partial charge is 0.329 e. The highest BCUT2D eigenvalue weighted by molar-refractivity contribution is 5.97. The van der Waals surface area contributed by atoms with Crippen LogP contribution in [0.4, 0.5) is 0 Å². The summed E-state index contributed by atoms with van der Waals surface area (Å²) < 4.78 is 4.85. The van der Waals surface area contributed by atoms with Gasteiger partial charge in [0.1, 0.15) is 6.61 Å². The Balaban J connectivity index is 2.52. The first kappa shape index (κ1) is 15.2. The van der Waals surface area contributed by atoms with Gasteiger partial charge in [-0.3, -0.25) is 4.79 Å². The number of carboxylic acid groups (broad SMARTS) is 1. The van der Waals surface area contributed by atoms with Gasteiger partial charge in [-0.1, -0.05) is 17.7 Å². The van der Waals surface area contributed by atoms with Gasteiger partial charge in [0, 0.05) is 12.1 Å². The van der Waals surface area contributed by atoms with Crippen LogP contribution in [0.2, 0.25) is 0 Å². The molecule has 1 rings (SSSR count). The minimum Gasteiger partial charge on any atom is -0.480 e. The zero-order valence-electron chi connectivity index (χ0n) is 11.4. The van der Waals surface area contributed by atoms with Gasteiger partial charge in [-0.15, -0.1) is 0 Å². The molecule has 5 heteroatoms. The molecule has 0 saturated carbocycles. The largest absolute Gasteiger partial charge is 0.480 e. The lowest BCUT2D eigenvalue weighted by molar-refractivity contribution is -0.142. The molecule has 1 amide bonds. The van der Waals surface area contributed by atoms with Gasteiger partial charge in [0.15, 0.2) is 0 Å². The fourth-order valence-electron chi connectivity index (χ4n) is 2.02. The number of hydrogen-bond donors (Lipinski definition) is 2. The first-order valence-corrected chi connectivity index (χ1v) is 6.07. The monoisotopic (exact) mass is 265 g/mol. The lowest BCUT2D eigenvalue weighted by Crippen LogP contribution is -2.29. The zero-order chi connectivity index (χ0) is 14.4. The van der Waals surface area contributed by atoms with Crippen molar-refractivity contribution >= 4 is 11.9 Å². The molecule has 0 radical (unpaired) electrons. The summed E-state index contributed by atoms with van der Waals surface area (Å²) >= 11 is 0. The minimum absolute atomic E-state index is 0.158. The van der Waals surface area contributed by atoms with E-state index in [-0.39, 0.29) is 19.1 Å². The van der Waals surface area contributed by atoms with Crippen molar-refractivity contribution in [3.05, 3.63) is 34.4 Å². The number of carbonyl (C=O) groups is 2. The third-order valence-electron chi connectivity index (χ3n) is 2.66. The number of nitrogens with one attached hydrogen (secondary N) is 1. The molecule has 1 aromatic rings. The summed E-state index contributed by atoms with van der Waals surface area (Å²) in [5.41, 5.74) is 3.66. The molecule has 0 aliphatic rings. The highest BCUT2D eigenvalue weighted by Gasteiger charge is 2.12. The molecule has 0 aromatic heterocycles. The summed E-state index contributed by atoms with van der Waals surface area (Å²) in [5.74, 6) is -1.18. The predicted octanol–water partition coefficient (Wildman–Crippen LogP) is 1.44. The maximum absolute atomic E-state index is 12.0. The van der Waals surface area contributed by atoms with Crippen molar-refractivity contribution in [3.8, 4) is 0 Å². The number of carbonyl (C=O) groups excluding carboxylic acids is 1. The zero-order valence-corrected chi connectivity index (χ0v) is 11.4. The Kier molecular flexibility index (Phi) is 5.51. The van der Waals surface area contributed by atoms with E-state index in [2.05, 4.69) is 5.32 Å². The molecule has 2 N–H and O–H groups in total. The highest BCUT2D eigenvalue weighted by atomic mass is 16.5. The number of carboxylic acids is 1. The number of hydrogen-bond acceptors (Lipinski definition) is 3. The van der Waals surface area contributed by atoms with E-state index in [1.807, 2.05) is 32.9 Å². The third-order valence-corrected chi connectivity index (χ3v) is 2.66. The van der Waals surface area contributed by atoms with Gasteiger partial charge in [-0.25, -0.2) is 4.79 Å². The number of amides is 1. The average molecular weight is 265 g/mol. The molecule has 0 atom stereocenters. The highest BCUT2D eigenvalue weighted by Crippen LogP contribution is 2.15. The van der Waals surface area contributed by atoms with Gasteiger partial charge in [0.05, 0.1) is 6.61 Å². The molecule has 0 saturated heterocycles. The number of aryl methyl sites for hydroxylation is 3. The van der Waals surface area contributed by atoms with Crippen LogP contribution in [0, 0.1) is 20.8 Å². The summed E-state index contributed by atoms with van der Waals surface area (Å²) in [6.07, 6.45) is 0. The first-order chi connectivity index (χ1) is 8.91. The summed E-state index contributed by atoms with van der Waals surface area (Å²) in [4.78, 5) is 22.2. The molecule has 0 bridgehead atoms. The number of rotatable bonds is 6. The molecule has 0 fully saturated rings. The van der Waals surface area contributed by atoms with E-state index in [4.69, 9.17) is 9.84 Å². The van der Waals surface area contributed by atoms with E-state index in [0.717, 1.165) is 16.7 Å². The van der Waals surface area contributed by atoms with Crippen molar-refractivity contribution in [3.63, 3.8) is 0 Å². The van der Waals surface area contributed by atoms with Crippen molar-refractivity contribution in [2.75, 3.05) is 19.8 Å². The average Bonchev–Trinajstić information content (AvgIpc) is 2.26. The van der Waals surface area contributed by atoms with E-state index < -0.39 is 5.97 Å². The van der Waals surface area contributed by atoms with E-state index in [0.29, 0.717) is 12.1 Å². The normalized spacial score (nSPS) is 10.3. The second-order valence-electron chi connectivity index (χ2n) is 4.48. The van der Waals surface area contributed by atoms with Gasteiger partial charge < -0.3 is 15.2 Å². The number of ether oxygens (including phenoxy) is 1. The molecule has 0 aliphatic carbocycles. The quantitative estimate of drug-likeness (QED) is 0.763. The molecule has 0 aliphatic heterocycles. The van der Waals surface area contributed by atoms with Crippen LogP contribution in [0.15, 0.2) is 12.1 Å². The molecule has 0 heterocycles. The third kappa shape index (κ3) is 4.71. The van der Waals surface area contributed by atoms with Gasteiger partial charge in [0.2, 0.25) is 0 Å². The van der Waals surface area contributed by atoms with Crippen LogP contribution in [0.5, 0.6) is 0 Å². The van der Waals surface area contributed by atoms with Crippen molar-refractivity contribution in [2.45, 2.75) is 20.8 Å². The summed E-state index contributed by atoms with van der Waals surface area (Å²) in [6.45, 7) is 5.91. The second kappa shape index (κ2) is 6.89. The fraction of sp³-hybridized carbons (Fsp3) is 0.429. The Bertz CT molecular complexity index is 459. The van der Waals surface area contributed by atoms with Gasteiger partial charge in [0.25, 0.3) is 5.91 Å². The van der Waals surface area contributed by atoms with E-state index in [1.54, 1.807) is 0 Å². The molecule has 1 aromatic carbocycles. The minimum atomic E-state index is -1.02. The second-order valence-corrected chi connectivity index (χ2v) is 4.48. The molecular formula is C14H19NO4. The Morgan fingerprint density at radius 1 is 1.21 bits per heavy atom. The first-order valence-electron chi connectivity index (χ1n) is 6.07. The predicted molar refractivity (Wildman–Crippen MR) is 71.4 cm³/mol. The van der Waals surface area contributed by atoms with Crippen molar-refractivity contribution in [2.24, 2.45) is 0 Å². The molecule has 19 heavy (non-hydrogen) atoms. The number of aliphatic carboxylic acids is 1. The van der Waals surface area contributed by atoms with Gasteiger partial charge >= 0.3 is 5.97 Å². The Labute approximate surface area is 112 Å². The van der Waals surface area contributed by atoms with Crippen LogP contribution in [-0.4, -0.2) is 36.7 Å². The Morgan fingerprint density at radius 3 is 2.32 bits per heavy atom. The SMILES string of the molecule is Cc1cc(C)c(C(=O)NCCOCC(=O)O)c(C)c1. The number of benzene rings is 1. The molecule has 0 unspecified atom stereocenters. The van der Waals surface area contributed by atoms with E-state index >= 15 is 0 Å². The van der Waals surface area contributed by atoms with Crippen LogP contribution >= 0.6 is 0 Å². The van der Waals surface area contributed by atoms with Crippen LogP contribution < -0.4 is 5.32 Å². The summed E-state index contributed by atoms with van der Waals surface area (Å²) in [7, 11) is 0.